The Kier molecular flexibility index (Phi) is 3.81. The Morgan fingerprint density at radius 2 is 2.05 bits per heavy atom. The molecule has 4 heteroatoms. The summed E-state index contributed by atoms with van der Waals surface area (Å²) in [5.41, 5.74) is 1.98. The van der Waals surface area contributed by atoms with Crippen molar-refractivity contribution in [1.82, 2.24) is 5.32 Å². The number of para-hydroxylation sites is 1. The van der Waals surface area contributed by atoms with E-state index in [1.807, 2.05) is 18.2 Å². The lowest BCUT2D eigenvalue weighted by molar-refractivity contribution is 0.227. The SMILES string of the molecule is Oc1cccc(Cl)c1CNCC1Cc2ccccc2O1. The van der Waals surface area contributed by atoms with Gasteiger partial charge < -0.3 is 15.2 Å². The lowest BCUT2D eigenvalue weighted by Gasteiger charge is -2.13. The van der Waals surface area contributed by atoms with E-state index < -0.39 is 0 Å². The smallest absolute Gasteiger partial charge is 0.123 e. The first-order chi connectivity index (χ1) is 9.74. The summed E-state index contributed by atoms with van der Waals surface area (Å²) in [6.07, 6.45) is 1.05. The molecular formula is C16H16ClNO2. The minimum Gasteiger partial charge on any atom is -0.508 e. The van der Waals surface area contributed by atoms with E-state index >= 15 is 0 Å². The van der Waals surface area contributed by atoms with Crippen molar-refractivity contribution < 1.29 is 9.84 Å². The second kappa shape index (κ2) is 5.73. The molecule has 0 radical (unpaired) electrons. The number of phenolic OH excluding ortho intramolecular Hbond substituents is 1. The van der Waals surface area contributed by atoms with Crippen LogP contribution in [0.15, 0.2) is 42.5 Å². The summed E-state index contributed by atoms with van der Waals surface area (Å²) < 4.78 is 5.85. The molecule has 1 aliphatic rings. The summed E-state index contributed by atoms with van der Waals surface area (Å²) in [6.45, 7) is 1.25. The molecule has 3 nitrogen and oxygen atoms in total. The van der Waals surface area contributed by atoms with Crippen molar-refractivity contribution in [2.75, 3.05) is 6.54 Å². The standard InChI is InChI=1S/C16H16ClNO2/c17-14-5-3-6-15(19)13(14)10-18-9-12-8-11-4-1-2-7-16(11)20-12/h1-7,12,18-19H,8-10H2. The van der Waals surface area contributed by atoms with Crippen molar-refractivity contribution in [3.63, 3.8) is 0 Å². The van der Waals surface area contributed by atoms with Crippen LogP contribution in [0.1, 0.15) is 11.1 Å². The molecule has 0 saturated heterocycles. The zero-order valence-corrected chi connectivity index (χ0v) is 11.7. The predicted molar refractivity (Wildman–Crippen MR) is 79.4 cm³/mol. The Morgan fingerprint density at radius 3 is 2.85 bits per heavy atom. The maximum atomic E-state index is 9.77. The van der Waals surface area contributed by atoms with Gasteiger partial charge in [-0.3, -0.25) is 0 Å². The zero-order valence-electron chi connectivity index (χ0n) is 11.0. The predicted octanol–water partition coefficient (Wildman–Crippen LogP) is 3.14. The lowest BCUT2D eigenvalue weighted by atomic mass is 10.1. The molecule has 2 aromatic carbocycles. The number of rotatable bonds is 4. The number of aromatic hydroxyl groups is 1. The van der Waals surface area contributed by atoms with Crippen LogP contribution in [0.25, 0.3) is 0 Å². The molecule has 1 unspecified atom stereocenters. The lowest BCUT2D eigenvalue weighted by Crippen LogP contribution is -2.29. The molecule has 0 aliphatic carbocycles. The highest BCUT2D eigenvalue weighted by Gasteiger charge is 2.21. The van der Waals surface area contributed by atoms with Gasteiger partial charge in [0.2, 0.25) is 0 Å². The van der Waals surface area contributed by atoms with Crippen LogP contribution in [0.5, 0.6) is 11.5 Å². The molecule has 0 spiro atoms. The molecule has 104 valence electrons. The van der Waals surface area contributed by atoms with Gasteiger partial charge in [-0.2, -0.15) is 0 Å². The molecule has 0 saturated carbocycles. The first-order valence-electron chi connectivity index (χ1n) is 6.65. The van der Waals surface area contributed by atoms with Crippen LogP contribution in [-0.2, 0) is 13.0 Å². The average molecular weight is 290 g/mol. The van der Waals surface area contributed by atoms with Crippen LogP contribution in [0, 0.1) is 0 Å². The number of ether oxygens (including phenoxy) is 1. The van der Waals surface area contributed by atoms with Crippen LogP contribution >= 0.6 is 11.6 Å². The normalized spacial score (nSPS) is 16.8. The van der Waals surface area contributed by atoms with E-state index in [1.54, 1.807) is 18.2 Å². The molecule has 1 aliphatic heterocycles. The van der Waals surface area contributed by atoms with Crippen LogP contribution in [0.2, 0.25) is 5.02 Å². The molecular weight excluding hydrogens is 274 g/mol. The minimum absolute atomic E-state index is 0.136. The second-order valence-corrected chi connectivity index (χ2v) is 5.33. The molecule has 0 bridgehead atoms. The first-order valence-corrected chi connectivity index (χ1v) is 7.03. The maximum absolute atomic E-state index is 9.77. The Labute approximate surface area is 123 Å². The van der Waals surface area contributed by atoms with Gasteiger partial charge in [-0.15, -0.1) is 0 Å². The van der Waals surface area contributed by atoms with Crippen molar-refractivity contribution in [2.45, 2.75) is 19.1 Å². The quantitative estimate of drug-likeness (QED) is 0.908. The van der Waals surface area contributed by atoms with E-state index in [2.05, 4.69) is 11.4 Å². The molecule has 2 aromatic rings. The van der Waals surface area contributed by atoms with Gasteiger partial charge in [0.15, 0.2) is 0 Å². The third kappa shape index (κ3) is 2.74. The number of fused-ring (bicyclic) bond motifs is 1. The monoisotopic (exact) mass is 289 g/mol. The van der Waals surface area contributed by atoms with Gasteiger partial charge in [0.25, 0.3) is 0 Å². The van der Waals surface area contributed by atoms with Crippen molar-refractivity contribution >= 4 is 11.6 Å². The summed E-state index contributed by atoms with van der Waals surface area (Å²) in [7, 11) is 0. The van der Waals surface area contributed by atoms with E-state index in [0.717, 1.165) is 24.3 Å². The van der Waals surface area contributed by atoms with Gasteiger partial charge in [0, 0.05) is 30.1 Å². The number of benzene rings is 2. The third-order valence-corrected chi connectivity index (χ3v) is 3.84. The fourth-order valence-corrected chi connectivity index (χ4v) is 2.68. The van der Waals surface area contributed by atoms with Gasteiger partial charge >= 0.3 is 0 Å². The second-order valence-electron chi connectivity index (χ2n) is 4.92. The number of halogens is 1. The summed E-state index contributed by atoms with van der Waals surface area (Å²) in [6, 6.07) is 13.3. The van der Waals surface area contributed by atoms with E-state index in [1.165, 1.54) is 5.56 Å². The van der Waals surface area contributed by atoms with Gasteiger partial charge in [0.05, 0.1) is 0 Å². The van der Waals surface area contributed by atoms with Crippen LogP contribution in [0.3, 0.4) is 0 Å². The molecule has 0 fully saturated rings. The van der Waals surface area contributed by atoms with Crippen LogP contribution in [0.4, 0.5) is 0 Å². The van der Waals surface area contributed by atoms with Crippen molar-refractivity contribution in [3.05, 3.63) is 58.6 Å². The highest BCUT2D eigenvalue weighted by Crippen LogP contribution is 2.28. The van der Waals surface area contributed by atoms with E-state index in [-0.39, 0.29) is 11.9 Å². The van der Waals surface area contributed by atoms with Gasteiger partial charge in [-0.05, 0) is 23.8 Å². The summed E-state index contributed by atoms with van der Waals surface area (Å²) in [5.74, 6) is 1.19. The maximum Gasteiger partial charge on any atom is 0.123 e. The fourth-order valence-electron chi connectivity index (χ4n) is 2.45. The fraction of sp³-hybridized carbons (Fsp3) is 0.250. The van der Waals surface area contributed by atoms with Crippen molar-refractivity contribution in [3.8, 4) is 11.5 Å². The Morgan fingerprint density at radius 1 is 1.20 bits per heavy atom. The van der Waals surface area contributed by atoms with Gasteiger partial charge in [-0.25, -0.2) is 0 Å². The topological polar surface area (TPSA) is 41.5 Å². The molecule has 0 aromatic heterocycles. The highest BCUT2D eigenvalue weighted by molar-refractivity contribution is 6.31. The number of phenols is 1. The Bertz CT molecular complexity index is 570. The van der Waals surface area contributed by atoms with Gasteiger partial charge in [-0.1, -0.05) is 35.9 Å². The van der Waals surface area contributed by atoms with Crippen LogP contribution in [-0.4, -0.2) is 17.8 Å². The summed E-state index contributed by atoms with van der Waals surface area (Å²) in [4.78, 5) is 0. The highest BCUT2D eigenvalue weighted by atomic mass is 35.5. The minimum atomic E-state index is 0.136. The molecule has 2 N–H and O–H groups in total. The first kappa shape index (κ1) is 13.3. The van der Waals surface area contributed by atoms with Gasteiger partial charge in [0.1, 0.15) is 17.6 Å². The largest absolute Gasteiger partial charge is 0.508 e. The van der Waals surface area contributed by atoms with Crippen molar-refractivity contribution in [1.29, 1.82) is 0 Å². The molecule has 1 heterocycles. The zero-order chi connectivity index (χ0) is 13.9. The number of nitrogens with one attached hydrogen (secondary N) is 1. The van der Waals surface area contributed by atoms with E-state index in [9.17, 15) is 5.11 Å². The molecule has 0 amide bonds. The Balaban J connectivity index is 1.55. The number of hydrogen-bond donors (Lipinski definition) is 2. The van der Waals surface area contributed by atoms with E-state index in [0.29, 0.717) is 11.6 Å². The number of hydrogen-bond acceptors (Lipinski definition) is 3. The Hall–Kier alpha value is -1.71. The van der Waals surface area contributed by atoms with E-state index in [4.69, 9.17) is 16.3 Å². The molecule has 1 atom stereocenters. The van der Waals surface area contributed by atoms with Crippen molar-refractivity contribution in [2.24, 2.45) is 0 Å². The summed E-state index contributed by atoms with van der Waals surface area (Å²) in [5, 5.41) is 13.6. The molecule has 3 rings (SSSR count). The molecule has 20 heavy (non-hydrogen) atoms. The summed E-state index contributed by atoms with van der Waals surface area (Å²) >= 11 is 6.07. The third-order valence-electron chi connectivity index (χ3n) is 3.48. The average Bonchev–Trinajstić information content (AvgIpc) is 2.84. The van der Waals surface area contributed by atoms with Crippen LogP contribution < -0.4 is 10.1 Å².